The van der Waals surface area contributed by atoms with Crippen LogP contribution in [-0.2, 0) is 6.54 Å². The van der Waals surface area contributed by atoms with Crippen LogP contribution >= 0.6 is 0 Å². The van der Waals surface area contributed by atoms with Gasteiger partial charge in [0.2, 0.25) is 0 Å². The highest BCUT2D eigenvalue weighted by molar-refractivity contribution is 5.96. The Morgan fingerprint density at radius 2 is 1.94 bits per heavy atom. The molecule has 1 aliphatic carbocycles. The first-order valence-corrected chi connectivity index (χ1v) is 10.6. The molecule has 5 heteroatoms. The number of hydrogen-bond acceptors (Lipinski definition) is 3. The lowest BCUT2D eigenvalue weighted by atomic mass is 10.0. The molecule has 1 saturated carbocycles. The predicted molar refractivity (Wildman–Crippen MR) is 125 cm³/mol. The molecular weight excluding hydrogens is 386 g/mol. The standard InChI is InChI=1S/C26H25N3O2/c1-16-12-17(15-27)2-8-24(16)29-11-10-20-13-21(6-9-25(20)29)28-23-7-5-19(18-3-4-18)14-22(23)26(30)31/h2,5-14,18,28H,3-4,15,27H2,1H3,(H,30,31). The van der Waals surface area contributed by atoms with E-state index in [0.717, 1.165) is 46.2 Å². The molecule has 0 bridgehead atoms. The normalized spacial score (nSPS) is 13.5. The van der Waals surface area contributed by atoms with Gasteiger partial charge in [0.05, 0.1) is 16.8 Å². The summed E-state index contributed by atoms with van der Waals surface area (Å²) in [6, 6.07) is 20.2. The Hall–Kier alpha value is -3.57. The zero-order valence-corrected chi connectivity index (χ0v) is 17.4. The summed E-state index contributed by atoms with van der Waals surface area (Å²) in [6.07, 6.45) is 4.35. The van der Waals surface area contributed by atoms with Gasteiger partial charge in [0.15, 0.2) is 0 Å². The molecule has 0 aliphatic heterocycles. The maximum atomic E-state index is 11.8. The highest BCUT2D eigenvalue weighted by Crippen LogP contribution is 2.41. The number of carboxylic acid groups (broad SMARTS) is 1. The van der Waals surface area contributed by atoms with Gasteiger partial charge in [-0.15, -0.1) is 0 Å². The number of aromatic carboxylic acids is 1. The number of rotatable bonds is 6. The topological polar surface area (TPSA) is 80.3 Å². The second-order valence-electron chi connectivity index (χ2n) is 8.29. The molecular formula is C26H25N3O2. The monoisotopic (exact) mass is 411 g/mol. The van der Waals surface area contributed by atoms with Crippen LogP contribution in [0.25, 0.3) is 16.6 Å². The van der Waals surface area contributed by atoms with Gasteiger partial charge in [-0.3, -0.25) is 0 Å². The van der Waals surface area contributed by atoms with Crippen LogP contribution in [0.4, 0.5) is 11.4 Å². The first-order chi connectivity index (χ1) is 15.0. The van der Waals surface area contributed by atoms with E-state index in [9.17, 15) is 9.90 Å². The van der Waals surface area contributed by atoms with Crippen LogP contribution in [-0.4, -0.2) is 15.6 Å². The fraction of sp³-hybridized carbons (Fsp3) is 0.192. The molecule has 4 N–H and O–H groups in total. The van der Waals surface area contributed by atoms with Crippen LogP contribution in [0, 0.1) is 6.92 Å². The number of nitrogens with two attached hydrogens (primary N) is 1. The van der Waals surface area contributed by atoms with Crippen LogP contribution in [0.15, 0.2) is 66.9 Å². The second-order valence-corrected chi connectivity index (χ2v) is 8.29. The van der Waals surface area contributed by atoms with Gasteiger partial charge in [0.25, 0.3) is 0 Å². The molecule has 0 spiro atoms. The summed E-state index contributed by atoms with van der Waals surface area (Å²) in [5.41, 5.74) is 13.2. The Morgan fingerprint density at radius 1 is 1.10 bits per heavy atom. The fourth-order valence-electron chi connectivity index (χ4n) is 4.22. The van der Waals surface area contributed by atoms with Gasteiger partial charge in [-0.25, -0.2) is 4.79 Å². The van der Waals surface area contributed by atoms with Gasteiger partial charge >= 0.3 is 5.97 Å². The molecule has 4 aromatic rings. The minimum Gasteiger partial charge on any atom is -0.478 e. The summed E-state index contributed by atoms with van der Waals surface area (Å²) in [7, 11) is 0. The summed E-state index contributed by atoms with van der Waals surface area (Å²) < 4.78 is 2.17. The molecule has 0 saturated heterocycles. The number of carboxylic acids is 1. The molecule has 5 rings (SSSR count). The van der Waals surface area contributed by atoms with Crippen LogP contribution in [0.2, 0.25) is 0 Å². The summed E-state index contributed by atoms with van der Waals surface area (Å²) >= 11 is 0. The minimum atomic E-state index is -0.909. The molecule has 0 amide bonds. The fourth-order valence-corrected chi connectivity index (χ4v) is 4.22. The van der Waals surface area contributed by atoms with Crippen molar-refractivity contribution in [2.24, 2.45) is 5.73 Å². The summed E-state index contributed by atoms with van der Waals surface area (Å²) in [6.45, 7) is 2.62. The van der Waals surface area contributed by atoms with E-state index in [1.165, 1.54) is 5.56 Å². The van der Waals surface area contributed by atoms with E-state index in [2.05, 4.69) is 59.4 Å². The predicted octanol–water partition coefficient (Wildman–Crippen LogP) is 5.72. The lowest BCUT2D eigenvalue weighted by Gasteiger charge is -2.13. The smallest absolute Gasteiger partial charge is 0.337 e. The third kappa shape index (κ3) is 3.68. The number of anilines is 2. The highest BCUT2D eigenvalue weighted by atomic mass is 16.4. The number of aryl methyl sites for hydroxylation is 1. The maximum Gasteiger partial charge on any atom is 0.337 e. The number of fused-ring (bicyclic) bond motifs is 1. The van der Waals surface area contributed by atoms with Gasteiger partial charge in [-0.1, -0.05) is 18.2 Å². The molecule has 1 fully saturated rings. The SMILES string of the molecule is Cc1cc(CN)ccc1-n1ccc2cc(Nc3ccc(C4CC4)cc3C(=O)O)ccc21. The average Bonchev–Trinajstić information content (AvgIpc) is 3.54. The third-order valence-corrected chi connectivity index (χ3v) is 6.05. The van der Waals surface area contributed by atoms with Crippen LogP contribution in [0.3, 0.4) is 0 Å². The summed E-state index contributed by atoms with van der Waals surface area (Å²) in [5.74, 6) is -0.390. The van der Waals surface area contributed by atoms with Crippen molar-refractivity contribution in [2.75, 3.05) is 5.32 Å². The molecule has 3 aromatic carbocycles. The van der Waals surface area contributed by atoms with E-state index < -0.39 is 5.97 Å². The van der Waals surface area contributed by atoms with Crippen molar-refractivity contribution < 1.29 is 9.90 Å². The van der Waals surface area contributed by atoms with Crippen LogP contribution in [0.5, 0.6) is 0 Å². The second kappa shape index (κ2) is 7.60. The third-order valence-electron chi connectivity index (χ3n) is 6.05. The quantitative estimate of drug-likeness (QED) is 0.379. The van der Waals surface area contributed by atoms with E-state index in [1.807, 2.05) is 24.3 Å². The number of aromatic nitrogens is 1. The number of hydrogen-bond donors (Lipinski definition) is 3. The van der Waals surface area contributed by atoms with Crippen molar-refractivity contribution in [3.05, 3.63) is 89.1 Å². The highest BCUT2D eigenvalue weighted by Gasteiger charge is 2.25. The van der Waals surface area contributed by atoms with Gasteiger partial charge in [0.1, 0.15) is 0 Å². The van der Waals surface area contributed by atoms with Gasteiger partial charge in [0, 0.05) is 29.5 Å². The maximum absolute atomic E-state index is 11.8. The first kappa shape index (κ1) is 19.4. The van der Waals surface area contributed by atoms with E-state index in [1.54, 1.807) is 0 Å². The first-order valence-electron chi connectivity index (χ1n) is 10.6. The number of benzene rings is 3. The molecule has 0 unspecified atom stereocenters. The zero-order chi connectivity index (χ0) is 21.5. The zero-order valence-electron chi connectivity index (χ0n) is 17.4. The number of nitrogens with one attached hydrogen (secondary N) is 1. The Kier molecular flexibility index (Phi) is 4.75. The molecule has 31 heavy (non-hydrogen) atoms. The van der Waals surface area contributed by atoms with Gasteiger partial charge in [-0.2, -0.15) is 0 Å². The van der Waals surface area contributed by atoms with Crippen molar-refractivity contribution >= 4 is 28.2 Å². The molecule has 0 atom stereocenters. The van der Waals surface area contributed by atoms with Crippen LogP contribution in [0.1, 0.15) is 45.8 Å². The minimum absolute atomic E-state index is 0.317. The van der Waals surface area contributed by atoms with Crippen molar-refractivity contribution in [3.63, 3.8) is 0 Å². The van der Waals surface area contributed by atoms with Crippen molar-refractivity contribution in [3.8, 4) is 5.69 Å². The molecule has 1 aromatic heterocycles. The van der Waals surface area contributed by atoms with Crippen molar-refractivity contribution in [1.29, 1.82) is 0 Å². The van der Waals surface area contributed by atoms with Gasteiger partial charge < -0.3 is 20.7 Å². The van der Waals surface area contributed by atoms with E-state index in [4.69, 9.17) is 5.73 Å². The summed E-state index contributed by atoms with van der Waals surface area (Å²) in [4.78, 5) is 11.8. The molecule has 1 heterocycles. The summed E-state index contributed by atoms with van der Waals surface area (Å²) in [5, 5.41) is 14.1. The molecule has 0 radical (unpaired) electrons. The van der Waals surface area contributed by atoms with Crippen molar-refractivity contribution in [2.45, 2.75) is 32.2 Å². The Balaban J connectivity index is 1.47. The lowest BCUT2D eigenvalue weighted by molar-refractivity contribution is 0.0698. The van der Waals surface area contributed by atoms with Crippen LogP contribution < -0.4 is 11.1 Å². The molecule has 1 aliphatic rings. The Bertz CT molecular complexity index is 1300. The largest absolute Gasteiger partial charge is 0.478 e. The Morgan fingerprint density at radius 3 is 2.65 bits per heavy atom. The van der Waals surface area contributed by atoms with E-state index in [0.29, 0.717) is 23.7 Å². The van der Waals surface area contributed by atoms with E-state index >= 15 is 0 Å². The van der Waals surface area contributed by atoms with Gasteiger partial charge in [-0.05, 0) is 84.8 Å². The number of nitrogens with zero attached hydrogens (tertiary/aromatic N) is 1. The molecule has 5 nitrogen and oxygen atoms in total. The van der Waals surface area contributed by atoms with E-state index in [-0.39, 0.29) is 0 Å². The van der Waals surface area contributed by atoms with Crippen molar-refractivity contribution in [1.82, 2.24) is 4.57 Å². The molecule has 156 valence electrons. The average molecular weight is 412 g/mol. The lowest BCUT2D eigenvalue weighted by Crippen LogP contribution is -2.04. The Labute approximate surface area is 181 Å². The number of carbonyl (C=O) groups is 1.